The molecule has 0 saturated heterocycles. The maximum atomic E-state index is 12.3. The molecule has 2 heterocycles. The van der Waals surface area contributed by atoms with Crippen LogP contribution < -0.4 is 10.0 Å². The van der Waals surface area contributed by atoms with Crippen LogP contribution in [0.25, 0.3) is 0 Å². The maximum absolute atomic E-state index is 12.3. The molecule has 0 radical (unpaired) electrons. The number of anilines is 2. The van der Waals surface area contributed by atoms with Crippen molar-refractivity contribution in [2.75, 3.05) is 10.0 Å². The topological polar surface area (TPSA) is 88.2 Å². The van der Waals surface area contributed by atoms with Gasteiger partial charge in [-0.3, -0.25) is 9.52 Å². The lowest BCUT2D eigenvalue weighted by molar-refractivity contribution is -0.115. The Kier molecular flexibility index (Phi) is 3.27. The van der Waals surface area contributed by atoms with Crippen LogP contribution in [0.5, 0.6) is 0 Å². The van der Waals surface area contributed by atoms with E-state index in [2.05, 4.69) is 30.3 Å². The molecular weight excluding hydrogens is 366 g/mol. The van der Waals surface area contributed by atoms with Crippen molar-refractivity contribution in [3.63, 3.8) is 0 Å². The molecule has 104 valence electrons. The molecule has 1 aliphatic rings. The van der Waals surface area contributed by atoms with Crippen LogP contribution in [0.3, 0.4) is 0 Å². The van der Waals surface area contributed by atoms with Crippen molar-refractivity contribution in [2.45, 2.75) is 10.6 Å². The number of carbonyl (C=O) groups is 1. The lowest BCUT2D eigenvalue weighted by Crippen LogP contribution is -2.13. The van der Waals surface area contributed by atoms with E-state index in [-0.39, 0.29) is 16.5 Å². The largest absolute Gasteiger partial charge is 0.324 e. The number of aromatic nitrogens is 1. The summed E-state index contributed by atoms with van der Waals surface area (Å²) in [6, 6.07) is 5.10. The average Bonchev–Trinajstić information content (AvgIpc) is 2.94. The number of para-hydroxylation sites is 1. The van der Waals surface area contributed by atoms with E-state index in [4.69, 9.17) is 0 Å². The molecule has 0 aliphatic carbocycles. The molecule has 3 rings (SSSR count). The Morgan fingerprint density at radius 3 is 2.90 bits per heavy atom. The van der Waals surface area contributed by atoms with Crippen molar-refractivity contribution in [1.82, 2.24) is 4.37 Å². The van der Waals surface area contributed by atoms with Gasteiger partial charge in [0.15, 0.2) is 4.21 Å². The fourth-order valence-electron chi connectivity index (χ4n) is 1.92. The number of nitrogens with one attached hydrogen (secondary N) is 2. The first-order chi connectivity index (χ1) is 9.47. The van der Waals surface area contributed by atoms with Gasteiger partial charge in [0.05, 0.1) is 28.5 Å². The van der Waals surface area contributed by atoms with E-state index in [1.165, 1.54) is 6.20 Å². The zero-order valence-electron chi connectivity index (χ0n) is 9.88. The minimum atomic E-state index is -3.73. The SMILES string of the molecule is O=C1Cc2cccc(NS(=O)(=O)c3sncc3Br)c2N1. The molecule has 0 bridgehead atoms. The summed E-state index contributed by atoms with van der Waals surface area (Å²) in [6.45, 7) is 0. The molecule has 0 unspecified atom stereocenters. The first-order valence-corrected chi connectivity index (χ1v) is 8.57. The second-order valence-electron chi connectivity index (χ2n) is 4.13. The molecule has 2 N–H and O–H groups in total. The summed E-state index contributed by atoms with van der Waals surface area (Å²) in [4.78, 5) is 11.4. The highest BCUT2D eigenvalue weighted by Crippen LogP contribution is 2.34. The summed E-state index contributed by atoms with van der Waals surface area (Å²) in [5, 5.41) is 2.66. The minimum absolute atomic E-state index is 0.0967. The number of halogens is 1. The Morgan fingerprint density at radius 1 is 1.40 bits per heavy atom. The zero-order valence-corrected chi connectivity index (χ0v) is 13.1. The minimum Gasteiger partial charge on any atom is -0.324 e. The van der Waals surface area contributed by atoms with E-state index in [0.29, 0.717) is 15.8 Å². The smallest absolute Gasteiger partial charge is 0.274 e. The predicted molar refractivity (Wildman–Crippen MR) is 79.4 cm³/mol. The van der Waals surface area contributed by atoms with Crippen molar-refractivity contribution >= 4 is 54.8 Å². The lowest BCUT2D eigenvalue weighted by atomic mass is 10.1. The Morgan fingerprint density at radius 2 is 2.20 bits per heavy atom. The number of nitrogens with zero attached hydrogens (tertiary/aromatic N) is 1. The summed E-state index contributed by atoms with van der Waals surface area (Å²) < 4.78 is 31.4. The normalized spacial score (nSPS) is 13.9. The lowest BCUT2D eigenvalue weighted by Gasteiger charge is -2.10. The first kappa shape index (κ1) is 13.5. The maximum Gasteiger partial charge on any atom is 0.274 e. The Bertz CT molecular complexity index is 801. The molecule has 1 aromatic heterocycles. The molecule has 0 spiro atoms. The van der Waals surface area contributed by atoms with Gasteiger partial charge < -0.3 is 5.32 Å². The van der Waals surface area contributed by atoms with Gasteiger partial charge in [-0.25, -0.2) is 8.42 Å². The van der Waals surface area contributed by atoms with Gasteiger partial charge in [-0.1, -0.05) is 12.1 Å². The van der Waals surface area contributed by atoms with Crippen LogP contribution in [0, 0.1) is 0 Å². The fourth-order valence-corrected chi connectivity index (χ4v) is 4.92. The van der Waals surface area contributed by atoms with E-state index in [0.717, 1.165) is 17.1 Å². The molecule has 2 aromatic rings. The van der Waals surface area contributed by atoms with Gasteiger partial charge in [0, 0.05) is 0 Å². The molecule has 1 aromatic carbocycles. The van der Waals surface area contributed by atoms with Gasteiger partial charge in [-0.15, -0.1) is 0 Å². The quantitative estimate of drug-likeness (QED) is 0.862. The number of hydrogen-bond donors (Lipinski definition) is 2. The van der Waals surface area contributed by atoms with Crippen molar-refractivity contribution in [2.24, 2.45) is 0 Å². The van der Waals surface area contributed by atoms with E-state index in [1.807, 2.05) is 0 Å². The predicted octanol–water partition coefficient (Wildman–Crippen LogP) is 2.20. The third-order valence-corrected chi connectivity index (χ3v) is 6.55. The number of benzene rings is 1. The van der Waals surface area contributed by atoms with Crippen molar-refractivity contribution in [3.05, 3.63) is 34.4 Å². The van der Waals surface area contributed by atoms with Gasteiger partial charge in [0.25, 0.3) is 10.0 Å². The molecule has 0 atom stereocenters. The molecule has 6 nitrogen and oxygen atoms in total. The summed E-state index contributed by atoms with van der Waals surface area (Å²) in [6.07, 6.45) is 1.69. The van der Waals surface area contributed by atoms with E-state index in [1.54, 1.807) is 18.2 Å². The van der Waals surface area contributed by atoms with Crippen LogP contribution in [0.2, 0.25) is 0 Å². The van der Waals surface area contributed by atoms with E-state index in [9.17, 15) is 13.2 Å². The van der Waals surface area contributed by atoms with Gasteiger partial charge in [-0.2, -0.15) is 4.37 Å². The number of fused-ring (bicyclic) bond motifs is 1. The molecule has 1 aliphatic heterocycles. The standard InChI is InChI=1S/C11H8BrN3O3S2/c12-7-5-13-19-11(7)20(17,18)15-8-3-1-2-6-4-9(16)14-10(6)8/h1-3,5,15H,4H2,(H,14,16). The fraction of sp³-hybridized carbons (Fsp3) is 0.0909. The van der Waals surface area contributed by atoms with Crippen LogP contribution >= 0.6 is 27.5 Å². The first-order valence-electron chi connectivity index (χ1n) is 5.52. The van der Waals surface area contributed by atoms with Crippen LogP contribution in [0.15, 0.2) is 33.1 Å². The summed E-state index contributed by atoms with van der Waals surface area (Å²) in [5.41, 5.74) is 1.65. The number of rotatable bonds is 3. The molecule has 20 heavy (non-hydrogen) atoms. The summed E-state index contributed by atoms with van der Waals surface area (Å²) in [7, 11) is -3.73. The summed E-state index contributed by atoms with van der Waals surface area (Å²) in [5.74, 6) is -0.148. The average molecular weight is 374 g/mol. The number of sulfonamides is 1. The Labute approximate surface area is 127 Å². The highest BCUT2D eigenvalue weighted by molar-refractivity contribution is 9.10. The molecule has 0 saturated carbocycles. The number of amides is 1. The second kappa shape index (κ2) is 4.83. The molecular formula is C11H8BrN3O3S2. The molecule has 0 fully saturated rings. The van der Waals surface area contributed by atoms with E-state index >= 15 is 0 Å². The van der Waals surface area contributed by atoms with E-state index < -0.39 is 10.0 Å². The van der Waals surface area contributed by atoms with Crippen molar-refractivity contribution in [1.29, 1.82) is 0 Å². The Balaban J connectivity index is 1.99. The monoisotopic (exact) mass is 373 g/mol. The van der Waals surface area contributed by atoms with Crippen LogP contribution in [-0.4, -0.2) is 18.7 Å². The van der Waals surface area contributed by atoms with Crippen LogP contribution in [0.4, 0.5) is 11.4 Å². The van der Waals surface area contributed by atoms with Crippen molar-refractivity contribution in [3.8, 4) is 0 Å². The third-order valence-electron chi connectivity index (χ3n) is 2.75. The third kappa shape index (κ3) is 2.32. The van der Waals surface area contributed by atoms with Crippen LogP contribution in [0.1, 0.15) is 5.56 Å². The van der Waals surface area contributed by atoms with Gasteiger partial charge in [0.2, 0.25) is 5.91 Å². The number of hydrogen-bond acceptors (Lipinski definition) is 5. The van der Waals surface area contributed by atoms with Gasteiger partial charge in [0.1, 0.15) is 0 Å². The Hall–Kier alpha value is -1.45. The van der Waals surface area contributed by atoms with Crippen LogP contribution in [-0.2, 0) is 21.2 Å². The highest BCUT2D eigenvalue weighted by Gasteiger charge is 2.25. The van der Waals surface area contributed by atoms with Gasteiger partial charge >= 0.3 is 0 Å². The molecule has 9 heteroatoms. The molecule has 1 amide bonds. The van der Waals surface area contributed by atoms with Gasteiger partial charge in [-0.05, 0) is 39.1 Å². The highest BCUT2D eigenvalue weighted by atomic mass is 79.9. The van der Waals surface area contributed by atoms with Crippen molar-refractivity contribution < 1.29 is 13.2 Å². The zero-order chi connectivity index (χ0) is 14.3. The summed E-state index contributed by atoms with van der Waals surface area (Å²) >= 11 is 4.02. The number of carbonyl (C=O) groups excluding carboxylic acids is 1. The second-order valence-corrected chi connectivity index (χ2v) is 7.66.